The highest BCUT2D eigenvalue weighted by atomic mass is 79.9. The van der Waals surface area contributed by atoms with Gasteiger partial charge in [0.25, 0.3) is 0 Å². The van der Waals surface area contributed by atoms with Crippen LogP contribution in [0.25, 0.3) is 0 Å². The largest absolute Gasteiger partial charge is 0.317 e. The first kappa shape index (κ1) is 11.6. The van der Waals surface area contributed by atoms with E-state index >= 15 is 0 Å². The minimum Gasteiger partial charge on any atom is -0.317 e. The van der Waals surface area contributed by atoms with Crippen LogP contribution in [0.2, 0.25) is 0 Å². The third-order valence-corrected chi connectivity index (χ3v) is 5.34. The number of hydrogen-bond acceptors (Lipinski definition) is 2. The molecule has 1 saturated carbocycles. The summed E-state index contributed by atoms with van der Waals surface area (Å²) < 4.78 is 1.26. The Labute approximate surface area is 104 Å². The zero-order chi connectivity index (χ0) is 10.8. The number of nitrogens with one attached hydrogen (secondary N) is 1. The molecule has 0 amide bonds. The van der Waals surface area contributed by atoms with Gasteiger partial charge >= 0.3 is 0 Å². The molecule has 0 aromatic carbocycles. The molecule has 1 N–H and O–H groups in total. The first-order valence-corrected chi connectivity index (χ1v) is 7.23. The van der Waals surface area contributed by atoms with Gasteiger partial charge in [0, 0.05) is 10.9 Å². The zero-order valence-electron chi connectivity index (χ0n) is 9.29. The second-order valence-electron chi connectivity index (χ2n) is 4.50. The van der Waals surface area contributed by atoms with Gasteiger partial charge < -0.3 is 5.32 Å². The normalized spacial score (nSPS) is 31.0. The van der Waals surface area contributed by atoms with Gasteiger partial charge in [0.1, 0.15) is 0 Å². The van der Waals surface area contributed by atoms with Crippen LogP contribution in [-0.2, 0) is 6.42 Å². The van der Waals surface area contributed by atoms with E-state index in [-0.39, 0.29) is 0 Å². The third kappa shape index (κ3) is 2.63. The van der Waals surface area contributed by atoms with Crippen LogP contribution in [0.15, 0.2) is 15.9 Å². The molecule has 2 rings (SSSR count). The number of thiophene rings is 1. The molecule has 84 valence electrons. The summed E-state index contributed by atoms with van der Waals surface area (Å²) >= 11 is 5.41. The summed E-state index contributed by atoms with van der Waals surface area (Å²) in [5.41, 5.74) is 0. The van der Waals surface area contributed by atoms with Crippen LogP contribution < -0.4 is 5.32 Å². The highest BCUT2D eigenvalue weighted by molar-refractivity contribution is 9.11. The lowest BCUT2D eigenvalue weighted by molar-refractivity contribution is 0.365. The van der Waals surface area contributed by atoms with E-state index in [1.807, 2.05) is 11.3 Å². The molecule has 0 bridgehead atoms. The molecule has 15 heavy (non-hydrogen) atoms. The average Bonchev–Trinajstić information content (AvgIpc) is 2.76. The molecule has 3 atom stereocenters. The maximum absolute atomic E-state index is 3.53. The van der Waals surface area contributed by atoms with Gasteiger partial charge in [0.05, 0.1) is 3.79 Å². The molecule has 0 saturated heterocycles. The Kier molecular flexibility index (Phi) is 3.86. The van der Waals surface area contributed by atoms with Crippen molar-refractivity contribution in [3.05, 3.63) is 20.8 Å². The van der Waals surface area contributed by atoms with Crippen molar-refractivity contribution >= 4 is 27.3 Å². The quantitative estimate of drug-likeness (QED) is 0.894. The molecule has 0 aliphatic heterocycles. The number of halogens is 1. The molecule has 1 fully saturated rings. The summed E-state index contributed by atoms with van der Waals surface area (Å²) in [6.07, 6.45) is 3.98. The molecule has 1 aliphatic carbocycles. The monoisotopic (exact) mass is 287 g/mol. The molecule has 1 aliphatic rings. The SMILES string of the molecule is CNC1CCC(Cc2ccc(Br)s2)C1C. The maximum atomic E-state index is 3.53. The molecule has 1 nitrogen and oxygen atoms in total. The fourth-order valence-corrected chi connectivity index (χ4v) is 4.24. The van der Waals surface area contributed by atoms with Crippen molar-refractivity contribution in [1.29, 1.82) is 0 Å². The van der Waals surface area contributed by atoms with Crippen LogP contribution >= 0.6 is 27.3 Å². The summed E-state index contributed by atoms with van der Waals surface area (Å²) in [6.45, 7) is 2.39. The lowest BCUT2D eigenvalue weighted by atomic mass is 9.92. The summed E-state index contributed by atoms with van der Waals surface area (Å²) in [5.74, 6) is 1.68. The van der Waals surface area contributed by atoms with Crippen LogP contribution in [0.3, 0.4) is 0 Å². The number of hydrogen-bond donors (Lipinski definition) is 1. The zero-order valence-corrected chi connectivity index (χ0v) is 11.7. The van der Waals surface area contributed by atoms with Gasteiger partial charge in [-0.3, -0.25) is 0 Å². The molecule has 0 radical (unpaired) electrons. The fourth-order valence-electron chi connectivity index (χ4n) is 2.66. The van der Waals surface area contributed by atoms with Crippen LogP contribution in [0.4, 0.5) is 0 Å². The Morgan fingerprint density at radius 3 is 2.80 bits per heavy atom. The molecule has 1 aromatic heterocycles. The smallest absolute Gasteiger partial charge is 0.0701 e. The number of rotatable bonds is 3. The first-order valence-electron chi connectivity index (χ1n) is 5.62. The summed E-state index contributed by atoms with van der Waals surface area (Å²) in [4.78, 5) is 1.52. The van der Waals surface area contributed by atoms with Crippen molar-refractivity contribution in [1.82, 2.24) is 5.32 Å². The van der Waals surface area contributed by atoms with Crippen molar-refractivity contribution in [2.75, 3.05) is 7.05 Å². The van der Waals surface area contributed by atoms with Crippen LogP contribution in [-0.4, -0.2) is 13.1 Å². The van der Waals surface area contributed by atoms with E-state index in [4.69, 9.17) is 0 Å². The molecule has 1 heterocycles. The Bertz CT molecular complexity index is 323. The molecule has 3 unspecified atom stereocenters. The molecule has 1 aromatic rings. The van der Waals surface area contributed by atoms with Gasteiger partial charge in [0.15, 0.2) is 0 Å². The Balaban J connectivity index is 1.96. The highest BCUT2D eigenvalue weighted by Gasteiger charge is 2.31. The minimum atomic E-state index is 0.735. The third-order valence-electron chi connectivity index (χ3n) is 3.69. The molecular formula is C12H18BrNS. The van der Waals surface area contributed by atoms with E-state index in [1.165, 1.54) is 27.9 Å². The van der Waals surface area contributed by atoms with Crippen LogP contribution in [0.5, 0.6) is 0 Å². The minimum absolute atomic E-state index is 0.735. The van der Waals surface area contributed by atoms with Gasteiger partial charge in [-0.05, 0) is 66.2 Å². The van der Waals surface area contributed by atoms with Gasteiger partial charge in [-0.25, -0.2) is 0 Å². The second-order valence-corrected chi connectivity index (χ2v) is 7.05. The van der Waals surface area contributed by atoms with Gasteiger partial charge in [-0.1, -0.05) is 6.92 Å². The predicted octanol–water partition coefficient (Wildman–Crippen LogP) is 3.69. The van der Waals surface area contributed by atoms with E-state index in [2.05, 4.69) is 47.4 Å². The molecule has 0 spiro atoms. The van der Waals surface area contributed by atoms with Crippen molar-refractivity contribution in [2.45, 2.75) is 32.2 Å². The predicted molar refractivity (Wildman–Crippen MR) is 70.5 cm³/mol. The Morgan fingerprint density at radius 1 is 1.47 bits per heavy atom. The Morgan fingerprint density at radius 2 is 2.27 bits per heavy atom. The van der Waals surface area contributed by atoms with E-state index in [1.54, 1.807) is 0 Å². The lowest BCUT2D eigenvalue weighted by Crippen LogP contribution is -2.29. The lowest BCUT2D eigenvalue weighted by Gasteiger charge is -2.19. The van der Waals surface area contributed by atoms with Gasteiger partial charge in [-0.2, -0.15) is 0 Å². The van der Waals surface area contributed by atoms with Crippen molar-refractivity contribution in [2.24, 2.45) is 11.8 Å². The van der Waals surface area contributed by atoms with E-state index in [9.17, 15) is 0 Å². The van der Waals surface area contributed by atoms with E-state index < -0.39 is 0 Å². The summed E-state index contributed by atoms with van der Waals surface area (Å²) in [5, 5.41) is 3.43. The van der Waals surface area contributed by atoms with Gasteiger partial charge in [-0.15, -0.1) is 11.3 Å². The first-order chi connectivity index (χ1) is 7.20. The van der Waals surface area contributed by atoms with E-state index in [0.717, 1.165) is 17.9 Å². The fraction of sp³-hybridized carbons (Fsp3) is 0.667. The van der Waals surface area contributed by atoms with Crippen molar-refractivity contribution in [3.63, 3.8) is 0 Å². The van der Waals surface area contributed by atoms with Crippen LogP contribution in [0.1, 0.15) is 24.6 Å². The van der Waals surface area contributed by atoms with E-state index in [0.29, 0.717) is 0 Å². The van der Waals surface area contributed by atoms with Crippen molar-refractivity contribution < 1.29 is 0 Å². The Hall–Kier alpha value is 0.140. The second kappa shape index (κ2) is 4.98. The highest BCUT2D eigenvalue weighted by Crippen LogP contribution is 2.36. The molecule has 3 heteroatoms. The summed E-state index contributed by atoms with van der Waals surface area (Å²) in [7, 11) is 2.09. The standard InChI is InChI=1S/C12H18BrNS/c1-8-9(3-5-11(8)14-2)7-10-4-6-12(13)15-10/h4,6,8-9,11,14H,3,5,7H2,1-2H3. The molecular weight excluding hydrogens is 270 g/mol. The van der Waals surface area contributed by atoms with Crippen molar-refractivity contribution in [3.8, 4) is 0 Å². The average molecular weight is 288 g/mol. The topological polar surface area (TPSA) is 12.0 Å². The van der Waals surface area contributed by atoms with Crippen LogP contribution in [0, 0.1) is 11.8 Å². The maximum Gasteiger partial charge on any atom is 0.0701 e. The van der Waals surface area contributed by atoms with Gasteiger partial charge in [0.2, 0.25) is 0 Å². The summed E-state index contributed by atoms with van der Waals surface area (Å²) in [6, 6.07) is 5.15.